The number of ether oxygens (including phenoxy) is 1. The highest BCUT2D eigenvalue weighted by Crippen LogP contribution is 2.27. The van der Waals surface area contributed by atoms with Crippen LogP contribution in [-0.2, 0) is 19.1 Å². The molecule has 5 heteroatoms. The summed E-state index contributed by atoms with van der Waals surface area (Å²) in [5.41, 5.74) is 0.581. The highest BCUT2D eigenvalue weighted by molar-refractivity contribution is 6.01. The van der Waals surface area contributed by atoms with Crippen LogP contribution in [0.15, 0.2) is 30.3 Å². The van der Waals surface area contributed by atoms with E-state index in [-0.39, 0.29) is 24.7 Å². The summed E-state index contributed by atoms with van der Waals surface area (Å²) in [7, 11) is 1.25. The van der Waals surface area contributed by atoms with Crippen molar-refractivity contribution in [3.8, 4) is 0 Å². The maximum absolute atomic E-state index is 11.9. The number of hydrogen-bond donors (Lipinski definition) is 0. The van der Waals surface area contributed by atoms with Gasteiger partial charge in [0, 0.05) is 12.8 Å². The van der Waals surface area contributed by atoms with Crippen molar-refractivity contribution in [1.29, 1.82) is 0 Å². The third kappa shape index (κ3) is 2.65. The molecular formula is C14H15NO4. The predicted molar refractivity (Wildman–Crippen MR) is 66.9 cm³/mol. The van der Waals surface area contributed by atoms with E-state index in [1.807, 2.05) is 0 Å². The number of likely N-dealkylation sites (tertiary alicyclic amines) is 1. The second kappa shape index (κ2) is 5.65. The standard InChI is InChI=1S/C14H15NO4/c1-19-14(18)13(10-6-3-2-4-7-10)15-11(16)8-5-9-12(15)17/h2-4,6-7,13H,5,8-9H2,1H3/t13-/m0/s1. The number of carbonyl (C=O) groups is 3. The van der Waals surface area contributed by atoms with E-state index in [9.17, 15) is 14.4 Å². The highest BCUT2D eigenvalue weighted by atomic mass is 16.5. The lowest BCUT2D eigenvalue weighted by Crippen LogP contribution is -2.45. The Bertz CT molecular complexity index is 481. The molecule has 1 aliphatic heterocycles. The largest absolute Gasteiger partial charge is 0.467 e. The summed E-state index contributed by atoms with van der Waals surface area (Å²) in [4.78, 5) is 36.8. The number of esters is 1. The van der Waals surface area contributed by atoms with Gasteiger partial charge in [-0.3, -0.25) is 14.5 Å². The fourth-order valence-corrected chi connectivity index (χ4v) is 2.20. The molecule has 1 fully saturated rings. The van der Waals surface area contributed by atoms with Crippen LogP contribution >= 0.6 is 0 Å². The van der Waals surface area contributed by atoms with E-state index < -0.39 is 12.0 Å². The van der Waals surface area contributed by atoms with Gasteiger partial charge in [-0.05, 0) is 12.0 Å². The summed E-state index contributed by atoms with van der Waals surface area (Å²) >= 11 is 0. The molecule has 1 saturated heterocycles. The zero-order chi connectivity index (χ0) is 13.8. The Hall–Kier alpha value is -2.17. The fourth-order valence-electron chi connectivity index (χ4n) is 2.20. The molecule has 100 valence electrons. The summed E-state index contributed by atoms with van der Waals surface area (Å²) in [6, 6.07) is 7.74. The van der Waals surface area contributed by atoms with Crippen LogP contribution in [0.3, 0.4) is 0 Å². The molecule has 0 aromatic heterocycles. The number of amides is 2. The summed E-state index contributed by atoms with van der Waals surface area (Å²) in [6.07, 6.45) is 1.11. The molecule has 1 aromatic rings. The molecule has 1 aromatic carbocycles. The van der Waals surface area contributed by atoms with Gasteiger partial charge in [0.2, 0.25) is 11.8 Å². The number of hydrogen-bond acceptors (Lipinski definition) is 4. The Kier molecular flexibility index (Phi) is 3.94. The van der Waals surface area contributed by atoms with E-state index in [0.29, 0.717) is 12.0 Å². The van der Waals surface area contributed by atoms with E-state index in [0.717, 1.165) is 4.90 Å². The van der Waals surface area contributed by atoms with Gasteiger partial charge in [0.05, 0.1) is 7.11 Å². The van der Waals surface area contributed by atoms with Gasteiger partial charge in [-0.1, -0.05) is 30.3 Å². The zero-order valence-electron chi connectivity index (χ0n) is 10.7. The minimum absolute atomic E-state index is 0.284. The van der Waals surface area contributed by atoms with Crippen molar-refractivity contribution in [2.75, 3.05) is 7.11 Å². The van der Waals surface area contributed by atoms with Gasteiger partial charge < -0.3 is 4.74 Å². The number of nitrogens with zero attached hydrogens (tertiary/aromatic N) is 1. The molecule has 0 spiro atoms. The number of piperidine rings is 1. The molecule has 1 aliphatic rings. The molecule has 0 radical (unpaired) electrons. The fraction of sp³-hybridized carbons (Fsp3) is 0.357. The molecule has 19 heavy (non-hydrogen) atoms. The lowest BCUT2D eigenvalue weighted by Gasteiger charge is -2.31. The summed E-state index contributed by atoms with van der Waals surface area (Å²) < 4.78 is 4.73. The molecule has 2 amide bonds. The Labute approximate surface area is 111 Å². The lowest BCUT2D eigenvalue weighted by atomic mass is 10.0. The van der Waals surface area contributed by atoms with Gasteiger partial charge in [-0.25, -0.2) is 4.79 Å². The smallest absolute Gasteiger partial charge is 0.333 e. The molecular weight excluding hydrogens is 246 g/mol. The van der Waals surface area contributed by atoms with Crippen LogP contribution in [0.5, 0.6) is 0 Å². The van der Waals surface area contributed by atoms with Crippen molar-refractivity contribution in [2.45, 2.75) is 25.3 Å². The third-order valence-electron chi connectivity index (χ3n) is 3.12. The highest BCUT2D eigenvalue weighted by Gasteiger charge is 2.38. The first-order valence-corrected chi connectivity index (χ1v) is 6.13. The van der Waals surface area contributed by atoms with Crippen molar-refractivity contribution in [3.63, 3.8) is 0 Å². The topological polar surface area (TPSA) is 63.7 Å². The van der Waals surface area contributed by atoms with E-state index >= 15 is 0 Å². The van der Waals surface area contributed by atoms with Gasteiger partial charge in [0.15, 0.2) is 6.04 Å². The van der Waals surface area contributed by atoms with Gasteiger partial charge in [-0.2, -0.15) is 0 Å². The molecule has 0 saturated carbocycles. The summed E-state index contributed by atoms with van der Waals surface area (Å²) in [5.74, 6) is -1.25. The molecule has 2 rings (SSSR count). The minimum atomic E-state index is -0.980. The third-order valence-corrected chi connectivity index (χ3v) is 3.12. The van der Waals surface area contributed by atoms with Crippen LogP contribution in [0.2, 0.25) is 0 Å². The van der Waals surface area contributed by atoms with Crippen molar-refractivity contribution in [2.24, 2.45) is 0 Å². The zero-order valence-corrected chi connectivity index (χ0v) is 10.7. The van der Waals surface area contributed by atoms with Crippen molar-refractivity contribution >= 4 is 17.8 Å². The number of rotatable bonds is 3. The Morgan fingerprint density at radius 3 is 2.26 bits per heavy atom. The first kappa shape index (κ1) is 13.3. The van der Waals surface area contributed by atoms with E-state index in [4.69, 9.17) is 4.74 Å². The number of methoxy groups -OCH3 is 1. The average Bonchev–Trinajstić information content (AvgIpc) is 2.43. The van der Waals surface area contributed by atoms with Crippen molar-refractivity contribution in [1.82, 2.24) is 4.90 Å². The molecule has 5 nitrogen and oxygen atoms in total. The summed E-state index contributed by atoms with van der Waals surface area (Å²) in [6.45, 7) is 0. The number of imide groups is 1. The second-order valence-electron chi connectivity index (χ2n) is 4.35. The number of benzene rings is 1. The number of carbonyl (C=O) groups excluding carboxylic acids is 3. The quantitative estimate of drug-likeness (QED) is 0.610. The predicted octanol–water partition coefficient (Wildman–Crippen LogP) is 1.44. The van der Waals surface area contributed by atoms with E-state index in [1.165, 1.54) is 7.11 Å². The molecule has 0 bridgehead atoms. The van der Waals surface area contributed by atoms with Crippen LogP contribution in [0.1, 0.15) is 30.9 Å². The Morgan fingerprint density at radius 2 is 1.74 bits per heavy atom. The van der Waals surface area contributed by atoms with Crippen LogP contribution in [0.25, 0.3) is 0 Å². The molecule has 0 aliphatic carbocycles. The van der Waals surface area contributed by atoms with Crippen LogP contribution in [0.4, 0.5) is 0 Å². The molecule has 0 unspecified atom stereocenters. The first-order valence-electron chi connectivity index (χ1n) is 6.13. The van der Waals surface area contributed by atoms with Gasteiger partial charge in [-0.15, -0.1) is 0 Å². The minimum Gasteiger partial charge on any atom is -0.467 e. The second-order valence-corrected chi connectivity index (χ2v) is 4.35. The summed E-state index contributed by atoms with van der Waals surface area (Å²) in [5, 5.41) is 0. The Balaban J connectivity index is 2.40. The monoisotopic (exact) mass is 261 g/mol. The molecule has 0 N–H and O–H groups in total. The van der Waals surface area contributed by atoms with Gasteiger partial charge >= 0.3 is 5.97 Å². The first-order chi connectivity index (χ1) is 9.15. The van der Waals surface area contributed by atoms with Crippen molar-refractivity contribution < 1.29 is 19.1 Å². The average molecular weight is 261 g/mol. The van der Waals surface area contributed by atoms with E-state index in [2.05, 4.69) is 0 Å². The van der Waals surface area contributed by atoms with Crippen LogP contribution < -0.4 is 0 Å². The SMILES string of the molecule is COC(=O)[C@H](c1ccccc1)N1C(=O)CCCC1=O. The molecule has 1 heterocycles. The normalized spacial score (nSPS) is 17.2. The van der Waals surface area contributed by atoms with E-state index in [1.54, 1.807) is 30.3 Å². The van der Waals surface area contributed by atoms with Gasteiger partial charge in [0.1, 0.15) is 0 Å². The lowest BCUT2D eigenvalue weighted by molar-refractivity contribution is -0.162. The van der Waals surface area contributed by atoms with Gasteiger partial charge in [0.25, 0.3) is 0 Å². The van der Waals surface area contributed by atoms with Crippen LogP contribution in [0, 0.1) is 0 Å². The maximum Gasteiger partial charge on any atom is 0.333 e. The Morgan fingerprint density at radius 1 is 1.16 bits per heavy atom. The maximum atomic E-state index is 11.9. The molecule has 1 atom stereocenters. The van der Waals surface area contributed by atoms with Crippen molar-refractivity contribution in [3.05, 3.63) is 35.9 Å². The van der Waals surface area contributed by atoms with Crippen LogP contribution in [-0.4, -0.2) is 29.8 Å².